The van der Waals surface area contributed by atoms with E-state index in [2.05, 4.69) is 17.1 Å². The summed E-state index contributed by atoms with van der Waals surface area (Å²) in [7, 11) is 0. The minimum atomic E-state index is -0.771. The average molecular weight is 316 g/mol. The van der Waals surface area contributed by atoms with Crippen molar-refractivity contribution in [1.82, 2.24) is 19.5 Å². The van der Waals surface area contributed by atoms with Crippen LogP contribution >= 0.6 is 0 Å². The van der Waals surface area contributed by atoms with Crippen LogP contribution in [0.1, 0.15) is 42.4 Å². The van der Waals surface area contributed by atoms with E-state index in [9.17, 15) is 9.59 Å². The number of aliphatic carboxylic acids is 1. The van der Waals surface area contributed by atoms with Gasteiger partial charge in [-0.1, -0.05) is 6.92 Å². The molecule has 1 aliphatic rings. The molecule has 0 unspecified atom stereocenters. The van der Waals surface area contributed by atoms with Crippen LogP contribution in [0.4, 0.5) is 0 Å². The van der Waals surface area contributed by atoms with Crippen molar-refractivity contribution in [2.24, 2.45) is 5.92 Å². The first-order valence-electron chi connectivity index (χ1n) is 7.96. The summed E-state index contributed by atoms with van der Waals surface area (Å²) in [4.78, 5) is 25.4. The van der Waals surface area contributed by atoms with Crippen molar-refractivity contribution in [3.8, 4) is 0 Å². The zero-order chi connectivity index (χ0) is 16.4. The number of carboxylic acids is 1. The molecule has 0 aliphatic carbocycles. The Bertz CT molecular complexity index is 732. The van der Waals surface area contributed by atoms with E-state index in [1.807, 2.05) is 4.40 Å². The van der Waals surface area contributed by atoms with Crippen LogP contribution in [0.2, 0.25) is 0 Å². The molecule has 2 aromatic heterocycles. The maximum Gasteiger partial charge on any atom is 0.306 e. The SMILES string of the molecule is CCCc1nnc2ccc(C(=O)N3CCC(C(=O)O)CC3)cn12. The minimum Gasteiger partial charge on any atom is -0.481 e. The van der Waals surface area contributed by atoms with Gasteiger partial charge < -0.3 is 10.0 Å². The molecule has 1 amide bonds. The molecule has 1 aliphatic heterocycles. The fourth-order valence-corrected chi connectivity index (χ4v) is 2.97. The van der Waals surface area contributed by atoms with Crippen molar-refractivity contribution in [3.63, 3.8) is 0 Å². The zero-order valence-electron chi connectivity index (χ0n) is 13.1. The van der Waals surface area contributed by atoms with Gasteiger partial charge in [-0.3, -0.25) is 14.0 Å². The summed E-state index contributed by atoms with van der Waals surface area (Å²) in [6.07, 6.45) is 4.57. The first-order valence-corrected chi connectivity index (χ1v) is 7.96. The standard InChI is InChI=1S/C16H20N4O3/c1-2-3-13-17-18-14-5-4-12(10-20(13)14)15(21)19-8-6-11(7-9-19)16(22)23/h4-5,10-11H,2-3,6-9H2,1H3,(H,22,23). The Hall–Kier alpha value is -2.44. The van der Waals surface area contributed by atoms with E-state index >= 15 is 0 Å². The molecule has 0 saturated carbocycles. The molecule has 0 spiro atoms. The molecule has 7 heteroatoms. The molecule has 1 fully saturated rings. The summed E-state index contributed by atoms with van der Waals surface area (Å²) in [6, 6.07) is 3.55. The number of carbonyl (C=O) groups excluding carboxylic acids is 1. The van der Waals surface area contributed by atoms with Crippen LogP contribution in [0.3, 0.4) is 0 Å². The van der Waals surface area contributed by atoms with E-state index in [1.54, 1.807) is 23.2 Å². The quantitative estimate of drug-likeness (QED) is 0.926. The number of aromatic nitrogens is 3. The van der Waals surface area contributed by atoms with Crippen molar-refractivity contribution in [2.75, 3.05) is 13.1 Å². The number of amides is 1. The number of pyridine rings is 1. The second-order valence-electron chi connectivity index (χ2n) is 5.92. The van der Waals surface area contributed by atoms with E-state index in [0.29, 0.717) is 31.5 Å². The number of carbonyl (C=O) groups is 2. The highest BCUT2D eigenvalue weighted by Gasteiger charge is 2.27. The highest BCUT2D eigenvalue weighted by Crippen LogP contribution is 2.19. The van der Waals surface area contributed by atoms with Gasteiger partial charge in [0, 0.05) is 25.7 Å². The van der Waals surface area contributed by atoms with Crippen molar-refractivity contribution in [1.29, 1.82) is 0 Å². The normalized spacial score (nSPS) is 16.0. The number of nitrogens with zero attached hydrogens (tertiary/aromatic N) is 4. The predicted molar refractivity (Wildman–Crippen MR) is 83.2 cm³/mol. The summed E-state index contributed by atoms with van der Waals surface area (Å²) in [5, 5.41) is 17.3. The van der Waals surface area contributed by atoms with Crippen molar-refractivity contribution >= 4 is 17.5 Å². The maximum atomic E-state index is 12.6. The molecule has 0 atom stereocenters. The Morgan fingerprint density at radius 1 is 1.26 bits per heavy atom. The Labute approximate surface area is 133 Å². The molecule has 3 rings (SSSR count). The number of aryl methyl sites for hydroxylation is 1. The van der Waals surface area contributed by atoms with E-state index in [0.717, 1.165) is 24.3 Å². The van der Waals surface area contributed by atoms with Crippen LogP contribution in [0.25, 0.3) is 5.65 Å². The number of likely N-dealkylation sites (tertiary alicyclic amines) is 1. The molecule has 3 heterocycles. The fraction of sp³-hybridized carbons (Fsp3) is 0.500. The largest absolute Gasteiger partial charge is 0.481 e. The molecule has 0 bridgehead atoms. The Kier molecular flexibility index (Phi) is 4.27. The summed E-state index contributed by atoms with van der Waals surface area (Å²) in [6.45, 7) is 3.04. The van der Waals surface area contributed by atoms with Crippen LogP contribution in [0.5, 0.6) is 0 Å². The Morgan fingerprint density at radius 2 is 2.00 bits per heavy atom. The smallest absolute Gasteiger partial charge is 0.306 e. The van der Waals surface area contributed by atoms with Gasteiger partial charge in [-0.15, -0.1) is 10.2 Å². The second-order valence-corrected chi connectivity index (χ2v) is 5.92. The molecule has 1 N–H and O–H groups in total. The van der Waals surface area contributed by atoms with E-state index in [-0.39, 0.29) is 11.8 Å². The lowest BCUT2D eigenvalue weighted by Gasteiger charge is -2.30. The van der Waals surface area contributed by atoms with Gasteiger partial charge in [0.1, 0.15) is 5.82 Å². The third-order valence-corrected chi connectivity index (χ3v) is 4.32. The number of hydrogen-bond donors (Lipinski definition) is 1. The molecule has 0 aromatic carbocycles. The van der Waals surface area contributed by atoms with E-state index in [4.69, 9.17) is 5.11 Å². The zero-order valence-corrected chi connectivity index (χ0v) is 13.1. The lowest BCUT2D eigenvalue weighted by atomic mass is 9.97. The van der Waals surface area contributed by atoms with Gasteiger partial charge >= 0.3 is 5.97 Å². The number of carboxylic acid groups (broad SMARTS) is 1. The molecule has 2 aromatic rings. The van der Waals surface area contributed by atoms with E-state index < -0.39 is 5.97 Å². The molecule has 122 valence electrons. The van der Waals surface area contributed by atoms with Crippen molar-refractivity contribution in [3.05, 3.63) is 29.7 Å². The number of fused-ring (bicyclic) bond motifs is 1. The van der Waals surface area contributed by atoms with Gasteiger partial charge in [0.15, 0.2) is 5.65 Å². The van der Waals surface area contributed by atoms with Crippen LogP contribution in [0.15, 0.2) is 18.3 Å². The Balaban J connectivity index is 1.78. The highest BCUT2D eigenvalue weighted by atomic mass is 16.4. The monoisotopic (exact) mass is 316 g/mol. The van der Waals surface area contributed by atoms with Crippen LogP contribution < -0.4 is 0 Å². The third-order valence-electron chi connectivity index (χ3n) is 4.32. The van der Waals surface area contributed by atoms with Crippen LogP contribution in [-0.2, 0) is 11.2 Å². The second kappa shape index (κ2) is 6.36. The van der Waals surface area contributed by atoms with Gasteiger partial charge in [0.2, 0.25) is 0 Å². The lowest BCUT2D eigenvalue weighted by Crippen LogP contribution is -2.40. The first kappa shape index (κ1) is 15.5. The topological polar surface area (TPSA) is 87.8 Å². The highest BCUT2D eigenvalue weighted by molar-refractivity contribution is 5.94. The van der Waals surface area contributed by atoms with Gasteiger partial charge in [0.05, 0.1) is 11.5 Å². The van der Waals surface area contributed by atoms with Gasteiger partial charge in [-0.2, -0.15) is 0 Å². The number of hydrogen-bond acceptors (Lipinski definition) is 4. The third kappa shape index (κ3) is 3.04. The van der Waals surface area contributed by atoms with Gasteiger partial charge in [-0.05, 0) is 31.4 Å². The molecular formula is C16H20N4O3. The summed E-state index contributed by atoms with van der Waals surface area (Å²) >= 11 is 0. The van der Waals surface area contributed by atoms with Crippen molar-refractivity contribution < 1.29 is 14.7 Å². The lowest BCUT2D eigenvalue weighted by molar-refractivity contribution is -0.143. The minimum absolute atomic E-state index is 0.0631. The first-order chi connectivity index (χ1) is 11.1. The van der Waals surface area contributed by atoms with Gasteiger partial charge in [0.25, 0.3) is 5.91 Å². The van der Waals surface area contributed by atoms with Crippen LogP contribution in [-0.4, -0.2) is 49.6 Å². The van der Waals surface area contributed by atoms with Gasteiger partial charge in [-0.25, -0.2) is 0 Å². The maximum absolute atomic E-state index is 12.6. The molecule has 23 heavy (non-hydrogen) atoms. The molecule has 7 nitrogen and oxygen atoms in total. The fourth-order valence-electron chi connectivity index (χ4n) is 2.97. The number of piperidine rings is 1. The molecular weight excluding hydrogens is 296 g/mol. The summed E-state index contributed by atoms with van der Waals surface area (Å²) < 4.78 is 1.86. The Morgan fingerprint density at radius 3 is 2.65 bits per heavy atom. The number of rotatable bonds is 4. The van der Waals surface area contributed by atoms with Crippen molar-refractivity contribution in [2.45, 2.75) is 32.6 Å². The summed E-state index contributed by atoms with van der Waals surface area (Å²) in [5.41, 5.74) is 1.32. The molecule has 0 radical (unpaired) electrons. The van der Waals surface area contributed by atoms with E-state index in [1.165, 1.54) is 0 Å². The predicted octanol–water partition coefficient (Wildman–Crippen LogP) is 1.62. The molecule has 1 saturated heterocycles. The average Bonchev–Trinajstić information content (AvgIpc) is 2.97. The van der Waals surface area contributed by atoms with Crippen LogP contribution in [0, 0.1) is 5.92 Å². The summed E-state index contributed by atoms with van der Waals surface area (Å²) in [5.74, 6) is -0.323.